The van der Waals surface area contributed by atoms with Gasteiger partial charge in [-0.1, -0.05) is 60.7 Å². The van der Waals surface area contributed by atoms with E-state index >= 15 is 0 Å². The van der Waals surface area contributed by atoms with Gasteiger partial charge in [0.05, 0.1) is 32.5 Å². The molecule has 1 aromatic rings. The number of hydrogen-bond acceptors (Lipinski definition) is 31. The number of phenolic OH excluding ortho intramolecular Hbond substituents is 1. The molecule has 0 aromatic heterocycles. The number of phenols is 1. The topological polar surface area (TPSA) is 462 Å². The average Bonchev–Trinajstić information content (AvgIpc) is 0.886. The molecule has 2 unspecified atom stereocenters. The van der Waals surface area contributed by atoms with Gasteiger partial charge in [0, 0.05) is 88.7 Å². The molecule has 0 saturated carbocycles. The molecule has 2 fully saturated rings. The van der Waals surface area contributed by atoms with E-state index in [-0.39, 0.29) is 45.0 Å². The molecule has 2 saturated heterocycles. The summed E-state index contributed by atoms with van der Waals surface area (Å²) in [6.45, 7) is 20.3. The summed E-state index contributed by atoms with van der Waals surface area (Å²) >= 11 is 0. The molecule has 1 aromatic carbocycles. The van der Waals surface area contributed by atoms with E-state index in [2.05, 4.69) is 13.2 Å². The van der Waals surface area contributed by atoms with Crippen molar-refractivity contribution < 1.29 is 144 Å². The molecule has 40 heteroatoms. The molecule has 0 bridgehead atoms. The van der Waals surface area contributed by atoms with Gasteiger partial charge in [-0.15, -0.1) is 13.2 Å². The number of allylic oxidation sites excluding steroid dienone is 6. The minimum Gasteiger partial charge on any atom is -0.507 e. The average molecular weight is 1490 g/mol. The van der Waals surface area contributed by atoms with Crippen LogP contribution in [0.4, 0.5) is 0 Å². The second-order valence-corrected chi connectivity index (χ2v) is 46.1. The van der Waals surface area contributed by atoms with E-state index in [1.54, 1.807) is 19.1 Å². The lowest BCUT2D eigenvalue weighted by atomic mass is 9.71. The maximum atomic E-state index is 12.4. The van der Waals surface area contributed by atoms with Crippen LogP contribution in [0, 0.1) is 6.92 Å². The van der Waals surface area contributed by atoms with Crippen molar-refractivity contribution in [3.63, 3.8) is 0 Å². The van der Waals surface area contributed by atoms with Gasteiger partial charge < -0.3 is 144 Å². The van der Waals surface area contributed by atoms with Crippen molar-refractivity contribution in [2.45, 2.75) is 191 Å². The highest BCUT2D eigenvalue weighted by Gasteiger charge is 2.60. The zero-order chi connectivity index (χ0) is 70.7. The minimum absolute atomic E-state index is 0.00597. The summed E-state index contributed by atoms with van der Waals surface area (Å²) in [5.41, 5.74) is 0.581. The smallest absolute Gasteiger partial charge is 0.492 e. The molecule has 2 aliphatic heterocycles. The molecule has 2 heterocycles. The molecule has 0 amide bonds. The maximum absolute atomic E-state index is 12.4. The Morgan fingerprint density at radius 1 is 0.559 bits per heavy atom. The van der Waals surface area contributed by atoms with Gasteiger partial charge in [0.2, 0.25) is 0 Å². The fraction of sp³-hybridized carbons (Fsp3) is 0.698. The molecule has 11 atom stereocenters. The van der Waals surface area contributed by atoms with Crippen LogP contribution in [0.1, 0.15) is 76.5 Å². The predicted octanol–water partition coefficient (Wildman–Crippen LogP) is -0.246. The quantitative estimate of drug-likeness (QED) is 0.0228. The summed E-state index contributed by atoms with van der Waals surface area (Å²) in [6, 6.07) is 1.53. The van der Waals surface area contributed by atoms with Gasteiger partial charge >= 0.3 is 79.2 Å². The number of aromatic hydroxyl groups is 1. The zero-order valence-corrected chi connectivity index (χ0v) is 64.1. The zero-order valence-electron chi connectivity index (χ0n) is 55.1. The summed E-state index contributed by atoms with van der Waals surface area (Å²) in [5.74, 6) is 0.00597. The molecular weight excluding hydrogens is 1390 g/mol. The highest BCUT2D eigenvalue weighted by atomic mass is 28.5. The van der Waals surface area contributed by atoms with Gasteiger partial charge in [-0.3, -0.25) is 0 Å². The van der Waals surface area contributed by atoms with E-state index in [1.165, 1.54) is 26.2 Å². The first-order valence-corrected chi connectivity index (χ1v) is 49.9. The summed E-state index contributed by atoms with van der Waals surface area (Å²) in [4.78, 5) is 141. The number of benzene rings is 1. The summed E-state index contributed by atoms with van der Waals surface area (Å²) in [7, 11) is -42.4. The van der Waals surface area contributed by atoms with Gasteiger partial charge in [0.15, 0.2) is 6.29 Å². The molecule has 0 aliphatic carbocycles. The van der Waals surface area contributed by atoms with Crippen LogP contribution >= 0.6 is 0 Å². The van der Waals surface area contributed by atoms with Gasteiger partial charge in [-0.05, 0) is 77.8 Å². The number of methoxy groups -OCH3 is 1. The largest absolute Gasteiger partial charge is 0.507 e. The van der Waals surface area contributed by atoms with E-state index in [9.17, 15) is 77.7 Å². The SMILES string of the molecule is C=CCOC[C@H]1OC(O[C@H]2[C@H](O)[C@@H](OCCC[Si](O[Si](C)(O)O)(O[Si](C)(O)O)O[Si](C)(O)O[Si](O)(O)Cc3cc(C)c(O)c(C(C/C=C/C)(C/C=C/C)C/C=C/C)c3)[C@H](C)O[C@@H]2COCCC[Si](O[Si](C)(O)O)(O[Si](C)(O)O)O[Si](C)(O)O)[C@H](OCC=C)[C@@H](O)[C@@H]1OC. The third-order valence-electron chi connectivity index (χ3n) is 14.0. The fourth-order valence-electron chi connectivity index (χ4n) is 10.7. The molecular formula is C53H104O31Si9. The first-order chi connectivity index (χ1) is 42.9. The van der Waals surface area contributed by atoms with E-state index in [0.717, 1.165) is 39.3 Å². The van der Waals surface area contributed by atoms with E-state index < -0.39 is 177 Å². The lowest BCUT2D eigenvalue weighted by Gasteiger charge is -2.48. The second-order valence-electron chi connectivity index (χ2n) is 23.7. The van der Waals surface area contributed by atoms with Crippen LogP contribution < -0.4 is 0 Å². The monoisotopic (exact) mass is 1490 g/mol. The molecule has 2 aliphatic rings. The summed E-state index contributed by atoms with van der Waals surface area (Å²) in [5, 5.41) is 35.7. The summed E-state index contributed by atoms with van der Waals surface area (Å²) < 4.78 is 88.0. The molecule has 16 N–H and O–H groups in total. The first kappa shape index (κ1) is 85.7. The molecule has 3 rings (SSSR count). The molecule has 31 nitrogen and oxygen atoms in total. The Balaban J connectivity index is 2.04. The third-order valence-corrected chi connectivity index (χ3v) is 36.4. The number of ether oxygens (including phenoxy) is 8. The Labute approximate surface area is 554 Å². The Hall–Kier alpha value is -1.53. The predicted molar refractivity (Wildman–Crippen MR) is 351 cm³/mol. The number of aryl methyl sites for hydroxylation is 1. The van der Waals surface area contributed by atoms with Crippen molar-refractivity contribution in [3.05, 3.63) is 90.6 Å². The van der Waals surface area contributed by atoms with Crippen LogP contribution in [0.25, 0.3) is 0 Å². The van der Waals surface area contributed by atoms with Gasteiger partial charge in [-0.25, -0.2) is 0 Å². The highest BCUT2D eigenvalue weighted by molar-refractivity contribution is 6.85. The van der Waals surface area contributed by atoms with Crippen LogP contribution in [0.2, 0.25) is 51.4 Å². The molecule has 93 heavy (non-hydrogen) atoms. The van der Waals surface area contributed by atoms with Crippen molar-refractivity contribution in [2.24, 2.45) is 0 Å². The number of aliphatic hydroxyl groups is 2. The molecule has 538 valence electrons. The molecule has 0 radical (unpaired) electrons. The van der Waals surface area contributed by atoms with Gasteiger partial charge in [0.1, 0.15) is 54.6 Å². The Bertz CT molecular complexity index is 2410. The van der Waals surface area contributed by atoms with Crippen LogP contribution in [0.3, 0.4) is 0 Å². The van der Waals surface area contributed by atoms with Crippen molar-refractivity contribution in [2.75, 3.05) is 46.8 Å². The lowest BCUT2D eigenvalue weighted by Crippen LogP contribution is -2.66. The van der Waals surface area contributed by atoms with Crippen LogP contribution in [0.5, 0.6) is 5.75 Å². The Morgan fingerprint density at radius 3 is 1.47 bits per heavy atom. The lowest BCUT2D eigenvalue weighted by molar-refractivity contribution is -0.350. The first-order valence-electron chi connectivity index (χ1n) is 30.3. The van der Waals surface area contributed by atoms with E-state index in [0.29, 0.717) is 36.0 Å². The van der Waals surface area contributed by atoms with Gasteiger partial charge in [0.25, 0.3) is 0 Å². The minimum atomic E-state index is -5.13. The van der Waals surface area contributed by atoms with E-state index in [1.807, 2.05) is 57.2 Å². The Morgan fingerprint density at radius 2 is 1.01 bits per heavy atom. The standard InChI is InChI=1S/C53H104O31Si9/c1-15-20-25-53(26-21-16-2,27-22-17-3)42-35-41(34-39(6)45(42)54)38-91(68,69)83-90(14,67)84-93(81-88(12,63)64,82-89(13,65)66)33-24-31-74-48-40(7)75-44(37-72-30-23-32-92(78-85(9,57)58,79-86(10,59)60)80-87(11,61)62)50(46(48)55)77-52-51(73-29-19-5)47(56)49(70-8)43(76-52)36-71-28-18-4/h15-22,34-35,40,43-44,46-52,54-69H,4-5,23-33,36-38H2,1-3,6-14H3/b20-15+,21-16+,22-17+/t40-,43+,44+,46+,47-,48-,49+,50+,51+,52?,90?/m0/s1. The van der Waals surface area contributed by atoms with Crippen molar-refractivity contribution in [1.29, 1.82) is 0 Å². The van der Waals surface area contributed by atoms with Crippen molar-refractivity contribution >= 4 is 79.2 Å². The van der Waals surface area contributed by atoms with Crippen LogP contribution in [-0.2, 0) is 78.2 Å². The third kappa shape index (κ3) is 29.7. The van der Waals surface area contributed by atoms with Crippen LogP contribution in [-0.4, -0.2) is 265 Å². The van der Waals surface area contributed by atoms with Crippen molar-refractivity contribution in [1.82, 2.24) is 0 Å². The summed E-state index contributed by atoms with van der Waals surface area (Å²) in [6.07, 6.45) is 2.41. The number of hydrogen-bond donors (Lipinski definition) is 16. The molecule has 0 spiro atoms. The second kappa shape index (κ2) is 37.2. The number of rotatable bonds is 44. The highest BCUT2D eigenvalue weighted by Crippen LogP contribution is 2.44. The fourth-order valence-corrected chi connectivity index (χ4v) is 35.7. The van der Waals surface area contributed by atoms with Gasteiger partial charge in [-0.2, -0.15) is 0 Å². The Kier molecular flexibility index (Phi) is 34.3. The normalized spacial score (nSPS) is 24.4. The van der Waals surface area contributed by atoms with Crippen LogP contribution in [0.15, 0.2) is 73.9 Å². The van der Waals surface area contributed by atoms with E-state index in [4.69, 9.17) is 66.7 Å². The maximum Gasteiger partial charge on any atom is 0.492 e. The van der Waals surface area contributed by atoms with Crippen molar-refractivity contribution in [3.8, 4) is 5.75 Å². The number of aliphatic hydroxyl groups excluding tert-OH is 2.